The molecular formula is C17H21ClN6O3. The molecule has 1 aromatic carbocycles. The van der Waals surface area contributed by atoms with E-state index in [-0.39, 0.29) is 0 Å². The fraction of sp³-hybridized carbons (Fsp3) is 0.353. The van der Waals surface area contributed by atoms with Gasteiger partial charge in [0.05, 0.1) is 30.3 Å². The zero-order valence-electron chi connectivity index (χ0n) is 15.5. The number of aromatic nitrogens is 4. The van der Waals surface area contributed by atoms with Crippen LogP contribution in [-0.4, -0.2) is 53.9 Å². The second kappa shape index (κ2) is 8.38. The standard InChI is InChI=1S/C17H21ClN6O3/c1-24-16-11(8-20-24)15(21-10-5-6-13(25-2)12(18)7-10)22-17(23-16)19-9-14(26-3)27-4/h5-8,14H,9H2,1-4H3,(H2,19,21,22,23). The summed E-state index contributed by atoms with van der Waals surface area (Å²) in [5, 5.41) is 11.9. The Morgan fingerprint density at radius 1 is 1.19 bits per heavy atom. The van der Waals surface area contributed by atoms with Crippen molar-refractivity contribution in [2.45, 2.75) is 6.29 Å². The maximum absolute atomic E-state index is 6.21. The summed E-state index contributed by atoms with van der Waals surface area (Å²) in [5.41, 5.74) is 1.45. The smallest absolute Gasteiger partial charge is 0.226 e. The Balaban J connectivity index is 1.92. The predicted octanol–water partition coefficient (Wildman–Crippen LogP) is 2.80. The number of anilines is 3. The maximum Gasteiger partial charge on any atom is 0.226 e. The van der Waals surface area contributed by atoms with Crippen LogP contribution in [0.15, 0.2) is 24.4 Å². The molecule has 0 bridgehead atoms. The minimum absolute atomic E-state index is 0.393. The molecule has 0 amide bonds. The molecule has 9 nitrogen and oxygen atoms in total. The van der Waals surface area contributed by atoms with E-state index in [0.29, 0.717) is 34.7 Å². The van der Waals surface area contributed by atoms with Gasteiger partial charge < -0.3 is 24.8 Å². The van der Waals surface area contributed by atoms with Crippen molar-refractivity contribution in [1.29, 1.82) is 0 Å². The van der Waals surface area contributed by atoms with Gasteiger partial charge in [0.1, 0.15) is 11.6 Å². The summed E-state index contributed by atoms with van der Waals surface area (Å²) in [6.45, 7) is 0.393. The Morgan fingerprint density at radius 2 is 1.96 bits per heavy atom. The third kappa shape index (κ3) is 4.21. The molecular weight excluding hydrogens is 372 g/mol. The number of hydrogen-bond donors (Lipinski definition) is 2. The van der Waals surface area contributed by atoms with E-state index in [1.54, 1.807) is 44.3 Å². The minimum Gasteiger partial charge on any atom is -0.495 e. The van der Waals surface area contributed by atoms with E-state index in [4.69, 9.17) is 25.8 Å². The van der Waals surface area contributed by atoms with Gasteiger partial charge in [-0.1, -0.05) is 11.6 Å². The molecule has 0 aliphatic carbocycles. The number of methoxy groups -OCH3 is 3. The SMILES string of the molecule is COc1ccc(Nc2nc(NCC(OC)OC)nc3c2cnn3C)cc1Cl. The van der Waals surface area contributed by atoms with E-state index in [0.717, 1.165) is 11.1 Å². The van der Waals surface area contributed by atoms with E-state index in [2.05, 4.69) is 25.7 Å². The topological polar surface area (TPSA) is 95.3 Å². The summed E-state index contributed by atoms with van der Waals surface area (Å²) < 4.78 is 17.2. The zero-order valence-corrected chi connectivity index (χ0v) is 16.2. The van der Waals surface area contributed by atoms with Gasteiger partial charge in [0.2, 0.25) is 5.95 Å². The van der Waals surface area contributed by atoms with Crippen LogP contribution in [0.25, 0.3) is 11.0 Å². The Hall–Kier alpha value is -2.62. The quantitative estimate of drug-likeness (QED) is 0.565. The number of fused-ring (bicyclic) bond motifs is 1. The highest BCUT2D eigenvalue weighted by Gasteiger charge is 2.14. The highest BCUT2D eigenvalue weighted by atomic mass is 35.5. The number of aryl methyl sites for hydroxylation is 1. The molecule has 0 unspecified atom stereocenters. The Morgan fingerprint density at radius 3 is 2.63 bits per heavy atom. The molecule has 0 aliphatic rings. The lowest BCUT2D eigenvalue weighted by Gasteiger charge is -2.15. The van der Waals surface area contributed by atoms with Gasteiger partial charge in [-0.25, -0.2) is 0 Å². The van der Waals surface area contributed by atoms with Crippen LogP contribution in [-0.2, 0) is 16.5 Å². The van der Waals surface area contributed by atoms with Crippen molar-refractivity contribution in [3.63, 3.8) is 0 Å². The first-order chi connectivity index (χ1) is 13.0. The second-order valence-corrected chi connectivity index (χ2v) is 6.06. The van der Waals surface area contributed by atoms with Crippen LogP contribution in [0, 0.1) is 0 Å². The van der Waals surface area contributed by atoms with Crippen LogP contribution in [0.3, 0.4) is 0 Å². The first-order valence-corrected chi connectivity index (χ1v) is 8.53. The highest BCUT2D eigenvalue weighted by molar-refractivity contribution is 6.32. The van der Waals surface area contributed by atoms with Crippen LogP contribution in [0.5, 0.6) is 5.75 Å². The fourth-order valence-electron chi connectivity index (χ4n) is 2.51. The lowest BCUT2D eigenvalue weighted by atomic mass is 10.3. The van der Waals surface area contributed by atoms with E-state index in [1.165, 1.54) is 0 Å². The van der Waals surface area contributed by atoms with E-state index < -0.39 is 6.29 Å². The van der Waals surface area contributed by atoms with Crippen molar-refractivity contribution in [1.82, 2.24) is 19.7 Å². The molecule has 144 valence electrons. The van der Waals surface area contributed by atoms with Crippen molar-refractivity contribution < 1.29 is 14.2 Å². The van der Waals surface area contributed by atoms with Gasteiger partial charge in [0.25, 0.3) is 0 Å². The second-order valence-electron chi connectivity index (χ2n) is 5.66. The first-order valence-electron chi connectivity index (χ1n) is 8.15. The number of benzene rings is 1. The molecule has 10 heteroatoms. The number of nitrogens with zero attached hydrogens (tertiary/aromatic N) is 4. The largest absolute Gasteiger partial charge is 0.495 e. The Kier molecular flexibility index (Phi) is 5.94. The average Bonchev–Trinajstić information content (AvgIpc) is 3.04. The monoisotopic (exact) mass is 392 g/mol. The zero-order chi connectivity index (χ0) is 19.4. The molecule has 0 saturated carbocycles. The molecule has 3 rings (SSSR count). The molecule has 3 aromatic rings. The summed E-state index contributed by atoms with van der Waals surface area (Å²) in [6, 6.07) is 5.41. The molecule has 2 N–H and O–H groups in total. The van der Waals surface area contributed by atoms with Crippen molar-refractivity contribution in [2.75, 3.05) is 38.5 Å². The van der Waals surface area contributed by atoms with Gasteiger partial charge in [-0.2, -0.15) is 15.1 Å². The van der Waals surface area contributed by atoms with Gasteiger partial charge >= 0.3 is 0 Å². The number of halogens is 1. The van der Waals surface area contributed by atoms with Crippen molar-refractivity contribution in [3.05, 3.63) is 29.4 Å². The van der Waals surface area contributed by atoms with E-state index in [1.807, 2.05) is 13.1 Å². The molecule has 2 heterocycles. The van der Waals surface area contributed by atoms with Crippen molar-refractivity contribution in [2.24, 2.45) is 7.05 Å². The average molecular weight is 393 g/mol. The molecule has 0 atom stereocenters. The Bertz CT molecular complexity index is 928. The van der Waals surface area contributed by atoms with Gasteiger partial charge in [-0.15, -0.1) is 0 Å². The molecule has 2 aromatic heterocycles. The lowest BCUT2D eigenvalue weighted by Crippen LogP contribution is -2.24. The lowest BCUT2D eigenvalue weighted by molar-refractivity contribution is -0.0914. The van der Waals surface area contributed by atoms with Gasteiger partial charge in [-0.05, 0) is 18.2 Å². The van der Waals surface area contributed by atoms with Crippen LogP contribution >= 0.6 is 11.6 Å². The molecule has 0 aliphatic heterocycles. The Labute approximate surface area is 161 Å². The summed E-state index contributed by atoms with van der Waals surface area (Å²) in [4.78, 5) is 9.05. The summed E-state index contributed by atoms with van der Waals surface area (Å²) in [7, 11) is 6.53. The van der Waals surface area contributed by atoms with Crippen molar-refractivity contribution >= 4 is 40.1 Å². The number of ether oxygens (including phenoxy) is 3. The summed E-state index contributed by atoms with van der Waals surface area (Å²) in [5.74, 6) is 1.62. The first kappa shape index (κ1) is 19.2. The number of hydrogen-bond acceptors (Lipinski definition) is 8. The molecule has 0 radical (unpaired) electrons. The molecule has 0 saturated heterocycles. The normalized spacial score (nSPS) is 11.2. The van der Waals surface area contributed by atoms with Crippen molar-refractivity contribution in [3.8, 4) is 5.75 Å². The van der Waals surface area contributed by atoms with E-state index in [9.17, 15) is 0 Å². The van der Waals surface area contributed by atoms with Crippen LogP contribution < -0.4 is 15.4 Å². The third-order valence-corrected chi connectivity index (χ3v) is 4.25. The van der Waals surface area contributed by atoms with Gasteiger partial charge in [-0.3, -0.25) is 4.68 Å². The molecule has 27 heavy (non-hydrogen) atoms. The van der Waals surface area contributed by atoms with Crippen LogP contribution in [0.1, 0.15) is 0 Å². The molecule has 0 spiro atoms. The van der Waals surface area contributed by atoms with E-state index >= 15 is 0 Å². The number of rotatable bonds is 8. The summed E-state index contributed by atoms with van der Waals surface area (Å²) in [6.07, 6.45) is 1.30. The fourth-order valence-corrected chi connectivity index (χ4v) is 2.77. The number of nitrogens with one attached hydrogen (secondary N) is 2. The third-order valence-electron chi connectivity index (χ3n) is 3.96. The predicted molar refractivity (Wildman–Crippen MR) is 104 cm³/mol. The summed E-state index contributed by atoms with van der Waals surface area (Å²) >= 11 is 6.21. The van der Waals surface area contributed by atoms with Crippen LogP contribution in [0.4, 0.5) is 17.5 Å². The van der Waals surface area contributed by atoms with Crippen LogP contribution in [0.2, 0.25) is 5.02 Å². The molecule has 0 fully saturated rings. The minimum atomic E-state index is -0.410. The maximum atomic E-state index is 6.21. The van der Waals surface area contributed by atoms with Gasteiger partial charge in [0, 0.05) is 27.0 Å². The highest BCUT2D eigenvalue weighted by Crippen LogP contribution is 2.30. The van der Waals surface area contributed by atoms with Gasteiger partial charge in [0.15, 0.2) is 11.9 Å².